The molecule has 0 N–H and O–H groups in total. The molecule has 0 aliphatic rings. The number of rotatable bonds is 12. The SMILES string of the molecule is C=C.CC.CC.C[N+](C)(C)CC(=O)COC[Si](C)(O[Si](C)(C)C)O[Si](C)(C)O[Si](C)(C)C. The Bertz CT molecular complexity index is 486. The maximum atomic E-state index is 12.1. The van der Waals surface area contributed by atoms with Crippen molar-refractivity contribution < 1.29 is 26.4 Å². The Labute approximate surface area is 206 Å². The van der Waals surface area contributed by atoms with E-state index in [0.717, 1.165) is 0 Å². The van der Waals surface area contributed by atoms with Gasteiger partial charge < -0.3 is 21.6 Å². The van der Waals surface area contributed by atoms with Gasteiger partial charge in [0.15, 0.2) is 16.6 Å². The van der Waals surface area contributed by atoms with Crippen molar-refractivity contribution in [3.8, 4) is 0 Å². The van der Waals surface area contributed by atoms with Gasteiger partial charge in [-0.25, -0.2) is 0 Å². The lowest BCUT2D eigenvalue weighted by Gasteiger charge is -2.41. The van der Waals surface area contributed by atoms with Gasteiger partial charge in [0.05, 0.1) is 27.4 Å². The third-order valence-corrected chi connectivity index (χ3v) is 15.8. The molecular weight excluding hydrogens is 471 g/mol. The molecule has 0 spiro atoms. The number of nitrogens with zero attached hydrogens (tertiary/aromatic N) is 1. The molecule has 6 nitrogen and oxygen atoms in total. The molecule has 32 heavy (non-hydrogen) atoms. The van der Waals surface area contributed by atoms with Gasteiger partial charge in [-0.15, -0.1) is 13.2 Å². The topological polar surface area (TPSA) is 54.0 Å². The Hall–Kier alpha value is 0.0775. The van der Waals surface area contributed by atoms with Crippen LogP contribution in [0.25, 0.3) is 0 Å². The van der Waals surface area contributed by atoms with Gasteiger partial charge in [0.2, 0.25) is 5.78 Å². The predicted molar refractivity (Wildman–Crippen MR) is 152 cm³/mol. The fourth-order valence-electron chi connectivity index (χ4n) is 2.93. The second-order valence-corrected chi connectivity index (χ2v) is 26.8. The molecule has 0 radical (unpaired) electrons. The fourth-order valence-corrected chi connectivity index (χ4v) is 20.2. The summed E-state index contributed by atoms with van der Waals surface area (Å²) in [7, 11) is -2.48. The Morgan fingerprint density at radius 3 is 1.41 bits per heavy atom. The zero-order valence-electron chi connectivity index (χ0n) is 24.5. The van der Waals surface area contributed by atoms with E-state index in [-0.39, 0.29) is 12.4 Å². The molecule has 1 atom stereocenters. The van der Waals surface area contributed by atoms with Crippen LogP contribution in [0.5, 0.6) is 0 Å². The van der Waals surface area contributed by atoms with E-state index in [4.69, 9.17) is 17.1 Å². The minimum Gasteiger partial charge on any atom is -0.437 e. The third-order valence-electron chi connectivity index (χ3n) is 2.81. The molecule has 0 saturated carbocycles. The van der Waals surface area contributed by atoms with Crippen LogP contribution >= 0.6 is 0 Å². The molecule has 0 aliphatic carbocycles. The molecular formula is C22H58NO5Si4+. The summed E-state index contributed by atoms with van der Waals surface area (Å²) in [5.41, 5.74) is 0. The fraction of sp³-hybridized carbons (Fsp3) is 0.864. The largest absolute Gasteiger partial charge is 0.437 e. The first-order chi connectivity index (χ1) is 14.2. The molecule has 10 heteroatoms. The van der Waals surface area contributed by atoms with Crippen molar-refractivity contribution in [1.29, 1.82) is 0 Å². The van der Waals surface area contributed by atoms with Crippen LogP contribution < -0.4 is 0 Å². The highest BCUT2D eigenvalue weighted by molar-refractivity contribution is 6.89. The van der Waals surface area contributed by atoms with Crippen molar-refractivity contribution in [3.05, 3.63) is 13.2 Å². The second kappa shape index (κ2) is 17.5. The van der Waals surface area contributed by atoms with Crippen molar-refractivity contribution >= 4 is 39.5 Å². The number of Topliss-reactive ketones (excluding diaryl/α,β-unsaturated/α-hetero) is 1. The summed E-state index contributed by atoms with van der Waals surface area (Å²) in [6.45, 7) is 33.7. The lowest BCUT2D eigenvalue weighted by molar-refractivity contribution is -0.862. The lowest BCUT2D eigenvalue weighted by atomic mass is 10.3. The molecule has 1 unspecified atom stereocenters. The number of ketones is 1. The molecule has 0 rings (SSSR count). The van der Waals surface area contributed by atoms with Gasteiger partial charge in [0, 0.05) is 0 Å². The quantitative estimate of drug-likeness (QED) is 0.172. The monoisotopic (exact) mass is 528 g/mol. The standard InChI is InChI=1S/C16H42NO5Si4.2C2H6.C2H4/c1-17(2,3)13-16(18)14-19-15-26(12,21-24(7,8)9)22-25(10,11)20-23(4,5)6;3*1-2/h13-15H2,1-12H3;2*1-2H3;1-2H2/q+1;;;. The molecule has 0 heterocycles. The lowest BCUT2D eigenvalue weighted by Crippen LogP contribution is -2.59. The van der Waals surface area contributed by atoms with Crippen LogP contribution in [0.4, 0.5) is 0 Å². The number of carbonyl (C=O) groups excluding carboxylic acids is 1. The minimum absolute atomic E-state index is 0.0942. The number of ether oxygens (including phenoxy) is 1. The van der Waals surface area contributed by atoms with Crippen LogP contribution in [0.3, 0.4) is 0 Å². The first kappa shape index (κ1) is 39.3. The van der Waals surface area contributed by atoms with E-state index in [1.165, 1.54) is 0 Å². The number of carbonyl (C=O) groups is 1. The first-order valence-corrected chi connectivity index (χ1v) is 23.9. The average Bonchev–Trinajstić information content (AvgIpc) is 2.53. The van der Waals surface area contributed by atoms with Gasteiger partial charge >= 0.3 is 17.1 Å². The van der Waals surface area contributed by atoms with Crippen LogP contribution in [-0.4, -0.2) is 84.5 Å². The van der Waals surface area contributed by atoms with E-state index in [1.807, 2.05) is 55.4 Å². The number of likely N-dealkylation sites (N-methyl/N-ethyl adjacent to an activating group) is 1. The van der Waals surface area contributed by atoms with E-state index in [9.17, 15) is 4.79 Å². The average molecular weight is 529 g/mol. The Morgan fingerprint density at radius 1 is 0.719 bits per heavy atom. The number of quaternary nitrogens is 1. The van der Waals surface area contributed by atoms with E-state index in [1.54, 1.807) is 0 Å². The molecule has 0 aromatic heterocycles. The summed E-state index contributed by atoms with van der Waals surface area (Å²) in [6, 6.07) is 0. The molecule has 0 bridgehead atoms. The van der Waals surface area contributed by atoms with Gasteiger partial charge in [-0.05, 0) is 58.9 Å². The van der Waals surface area contributed by atoms with Gasteiger partial charge in [-0.1, -0.05) is 27.7 Å². The number of hydrogen-bond acceptors (Lipinski definition) is 5. The zero-order chi connectivity index (χ0) is 27.0. The molecule has 196 valence electrons. The minimum atomic E-state index is -2.60. The normalized spacial score (nSPS) is 13.9. The van der Waals surface area contributed by atoms with Crippen LogP contribution in [0.2, 0.25) is 58.9 Å². The number of hydrogen-bond donors (Lipinski definition) is 0. The molecule has 0 amide bonds. The highest BCUT2D eigenvalue weighted by Gasteiger charge is 2.45. The highest BCUT2D eigenvalue weighted by Crippen LogP contribution is 2.24. The molecule has 0 aromatic carbocycles. The van der Waals surface area contributed by atoms with Crippen LogP contribution in [-0.2, 0) is 21.9 Å². The Morgan fingerprint density at radius 2 is 1.09 bits per heavy atom. The predicted octanol–water partition coefficient (Wildman–Crippen LogP) is 6.17. The van der Waals surface area contributed by atoms with Crippen LogP contribution in [0.1, 0.15) is 27.7 Å². The van der Waals surface area contributed by atoms with Gasteiger partial charge in [0.25, 0.3) is 0 Å². The maximum absolute atomic E-state index is 12.1. The second-order valence-electron chi connectivity index (χ2n) is 10.5. The van der Waals surface area contributed by atoms with Crippen molar-refractivity contribution in [1.82, 2.24) is 0 Å². The molecule has 0 fully saturated rings. The zero-order valence-corrected chi connectivity index (χ0v) is 28.5. The molecule has 0 aromatic rings. The summed E-state index contributed by atoms with van der Waals surface area (Å²) < 4.78 is 25.7. The first-order valence-electron chi connectivity index (χ1n) is 11.7. The van der Waals surface area contributed by atoms with Crippen molar-refractivity contribution in [2.75, 3.05) is 40.5 Å². The van der Waals surface area contributed by atoms with Crippen LogP contribution in [0, 0.1) is 0 Å². The van der Waals surface area contributed by atoms with E-state index >= 15 is 0 Å². The summed E-state index contributed by atoms with van der Waals surface area (Å²) in [6.07, 6.45) is 0.353. The van der Waals surface area contributed by atoms with E-state index in [2.05, 4.69) is 65.5 Å². The van der Waals surface area contributed by atoms with Crippen molar-refractivity contribution in [2.24, 2.45) is 0 Å². The van der Waals surface area contributed by atoms with Gasteiger partial charge in [-0.2, -0.15) is 0 Å². The van der Waals surface area contributed by atoms with Crippen LogP contribution in [0.15, 0.2) is 13.2 Å². The van der Waals surface area contributed by atoms with E-state index in [0.29, 0.717) is 17.3 Å². The highest BCUT2D eigenvalue weighted by atomic mass is 28.5. The maximum Gasteiger partial charge on any atom is 0.342 e. The Kier molecular flexibility index (Phi) is 21.5. The summed E-state index contributed by atoms with van der Waals surface area (Å²) in [4.78, 5) is 12.1. The Balaban J connectivity index is -0.000000597. The van der Waals surface area contributed by atoms with Gasteiger partial charge in [0.1, 0.15) is 13.2 Å². The summed E-state index contributed by atoms with van der Waals surface area (Å²) in [5.74, 6) is 0.0942. The van der Waals surface area contributed by atoms with Crippen molar-refractivity contribution in [2.45, 2.75) is 86.6 Å². The summed E-state index contributed by atoms with van der Waals surface area (Å²) in [5, 5.41) is 0. The van der Waals surface area contributed by atoms with Gasteiger partial charge in [-0.3, -0.25) is 4.79 Å². The van der Waals surface area contributed by atoms with Crippen molar-refractivity contribution in [3.63, 3.8) is 0 Å². The smallest absolute Gasteiger partial charge is 0.342 e. The molecule has 0 saturated heterocycles. The molecule has 0 aliphatic heterocycles. The van der Waals surface area contributed by atoms with E-state index < -0.39 is 33.8 Å². The third kappa shape index (κ3) is 28.1. The summed E-state index contributed by atoms with van der Waals surface area (Å²) >= 11 is 0.